The number of nitrogens with two attached hydrogens (primary N) is 1. The van der Waals surface area contributed by atoms with Gasteiger partial charge in [0.15, 0.2) is 11.6 Å². The minimum Gasteiger partial charge on any atom is -0.393 e. The fourth-order valence-electron chi connectivity index (χ4n) is 2.50. The number of nitrogens with zero attached hydrogens (tertiary/aromatic N) is 2. The van der Waals surface area contributed by atoms with Crippen LogP contribution in [0.3, 0.4) is 0 Å². The van der Waals surface area contributed by atoms with Gasteiger partial charge in [0.1, 0.15) is 12.0 Å². The molecule has 0 fully saturated rings. The van der Waals surface area contributed by atoms with Crippen LogP contribution in [0.25, 0.3) is 0 Å². The van der Waals surface area contributed by atoms with Crippen LogP contribution in [0.5, 0.6) is 0 Å². The molecule has 1 heterocycles. The van der Waals surface area contributed by atoms with E-state index in [1.165, 1.54) is 11.9 Å². The number of halogens is 1. The Balaban J connectivity index is 1.69. The summed E-state index contributed by atoms with van der Waals surface area (Å²) in [6, 6.07) is 14.6. The Labute approximate surface area is 168 Å². The molecule has 0 atom stereocenters. The van der Waals surface area contributed by atoms with E-state index in [0.717, 1.165) is 5.69 Å². The first kappa shape index (κ1) is 19.4. The number of nitrogen functional groups attached to an aromatic ring is 1. The zero-order valence-corrected chi connectivity index (χ0v) is 16.3. The summed E-state index contributed by atoms with van der Waals surface area (Å²) < 4.78 is 0. The van der Waals surface area contributed by atoms with Crippen molar-refractivity contribution < 1.29 is 4.79 Å². The number of anilines is 4. The SMILES string of the molecule is CC(C)c1ccc(Nc2ncnc(NNC(=O)c3cccc(Cl)c3)c2N)cc1. The van der Waals surface area contributed by atoms with Gasteiger partial charge in [0.2, 0.25) is 0 Å². The van der Waals surface area contributed by atoms with E-state index in [1.54, 1.807) is 24.3 Å². The van der Waals surface area contributed by atoms with Crippen molar-refractivity contribution in [2.45, 2.75) is 19.8 Å². The van der Waals surface area contributed by atoms with Gasteiger partial charge in [0.25, 0.3) is 5.91 Å². The van der Waals surface area contributed by atoms with E-state index >= 15 is 0 Å². The Hall–Kier alpha value is -3.32. The number of aromatic nitrogens is 2. The van der Waals surface area contributed by atoms with Crippen molar-refractivity contribution in [1.29, 1.82) is 0 Å². The predicted molar refractivity (Wildman–Crippen MR) is 113 cm³/mol. The van der Waals surface area contributed by atoms with Crippen molar-refractivity contribution in [3.63, 3.8) is 0 Å². The fourth-order valence-corrected chi connectivity index (χ4v) is 2.69. The first-order chi connectivity index (χ1) is 13.4. The molecule has 0 aliphatic heterocycles. The van der Waals surface area contributed by atoms with Crippen molar-refractivity contribution in [3.05, 3.63) is 71.0 Å². The molecular weight excluding hydrogens is 376 g/mol. The molecule has 0 aliphatic rings. The molecule has 0 bridgehead atoms. The maximum atomic E-state index is 12.2. The van der Waals surface area contributed by atoms with Gasteiger partial charge in [-0.15, -0.1) is 0 Å². The summed E-state index contributed by atoms with van der Waals surface area (Å²) in [6.07, 6.45) is 1.36. The largest absolute Gasteiger partial charge is 0.393 e. The molecule has 0 unspecified atom stereocenters. The lowest BCUT2D eigenvalue weighted by Gasteiger charge is -2.14. The quantitative estimate of drug-likeness (QED) is 0.462. The van der Waals surface area contributed by atoms with Gasteiger partial charge < -0.3 is 11.1 Å². The molecule has 1 aromatic heterocycles. The van der Waals surface area contributed by atoms with E-state index in [2.05, 4.69) is 52.1 Å². The van der Waals surface area contributed by atoms with Gasteiger partial charge >= 0.3 is 0 Å². The molecule has 7 nitrogen and oxygen atoms in total. The average Bonchev–Trinajstić information content (AvgIpc) is 2.69. The number of hydrogen-bond acceptors (Lipinski definition) is 6. The monoisotopic (exact) mass is 396 g/mol. The van der Waals surface area contributed by atoms with E-state index < -0.39 is 0 Å². The Kier molecular flexibility index (Phi) is 5.96. The lowest BCUT2D eigenvalue weighted by Crippen LogP contribution is -2.30. The Bertz CT molecular complexity index is 975. The number of carbonyl (C=O) groups is 1. The molecule has 0 saturated heterocycles. The van der Waals surface area contributed by atoms with E-state index in [4.69, 9.17) is 17.3 Å². The molecule has 2 aromatic carbocycles. The van der Waals surface area contributed by atoms with Crippen LogP contribution in [0.2, 0.25) is 5.02 Å². The first-order valence-electron chi connectivity index (χ1n) is 8.73. The number of nitrogens with one attached hydrogen (secondary N) is 3. The van der Waals surface area contributed by atoms with Gasteiger partial charge in [-0.1, -0.05) is 43.6 Å². The molecular formula is C20H21ClN6O. The fraction of sp³-hybridized carbons (Fsp3) is 0.150. The second-order valence-electron chi connectivity index (χ2n) is 6.48. The lowest BCUT2D eigenvalue weighted by atomic mass is 10.0. The normalized spacial score (nSPS) is 10.6. The summed E-state index contributed by atoms with van der Waals surface area (Å²) >= 11 is 5.91. The van der Waals surface area contributed by atoms with Crippen molar-refractivity contribution in [3.8, 4) is 0 Å². The van der Waals surface area contributed by atoms with Crippen molar-refractivity contribution in [2.24, 2.45) is 0 Å². The van der Waals surface area contributed by atoms with Crippen LogP contribution in [0, 0.1) is 0 Å². The molecule has 1 amide bonds. The summed E-state index contributed by atoms with van der Waals surface area (Å²) in [5.41, 5.74) is 14.2. The average molecular weight is 397 g/mol. The van der Waals surface area contributed by atoms with Gasteiger partial charge in [-0.05, 0) is 41.8 Å². The molecule has 0 aliphatic carbocycles. The zero-order valence-electron chi connectivity index (χ0n) is 15.5. The summed E-state index contributed by atoms with van der Waals surface area (Å²) in [5, 5.41) is 3.64. The van der Waals surface area contributed by atoms with Crippen LogP contribution in [-0.4, -0.2) is 15.9 Å². The highest BCUT2D eigenvalue weighted by molar-refractivity contribution is 6.30. The maximum absolute atomic E-state index is 12.2. The van der Waals surface area contributed by atoms with E-state index in [9.17, 15) is 4.79 Å². The molecule has 3 rings (SSSR count). The Morgan fingerprint density at radius 3 is 2.46 bits per heavy atom. The zero-order chi connectivity index (χ0) is 20.1. The highest BCUT2D eigenvalue weighted by Gasteiger charge is 2.11. The van der Waals surface area contributed by atoms with Crippen molar-refractivity contribution >= 4 is 40.5 Å². The molecule has 0 radical (unpaired) electrons. The van der Waals surface area contributed by atoms with Gasteiger partial charge in [-0.3, -0.25) is 15.6 Å². The Morgan fingerprint density at radius 1 is 1.07 bits per heavy atom. The Morgan fingerprint density at radius 2 is 1.79 bits per heavy atom. The maximum Gasteiger partial charge on any atom is 0.269 e. The van der Waals surface area contributed by atoms with Crippen molar-refractivity contribution in [1.82, 2.24) is 15.4 Å². The van der Waals surface area contributed by atoms with Crippen LogP contribution in [-0.2, 0) is 0 Å². The number of rotatable bonds is 6. The molecule has 0 spiro atoms. The molecule has 8 heteroatoms. The van der Waals surface area contributed by atoms with E-state index in [1.807, 2.05) is 12.1 Å². The topological polar surface area (TPSA) is 105 Å². The van der Waals surface area contributed by atoms with Crippen molar-refractivity contribution in [2.75, 3.05) is 16.5 Å². The summed E-state index contributed by atoms with van der Waals surface area (Å²) in [5.74, 6) is 0.815. The number of benzene rings is 2. The third-order valence-corrected chi connectivity index (χ3v) is 4.34. The third-order valence-electron chi connectivity index (χ3n) is 4.11. The number of carbonyl (C=O) groups excluding carboxylic acids is 1. The first-order valence-corrected chi connectivity index (χ1v) is 9.11. The standard InChI is InChI=1S/C20H21ClN6O/c1-12(2)13-6-8-16(9-7-13)25-18-17(22)19(24-11-23-18)26-27-20(28)14-4-3-5-15(21)10-14/h3-12H,22H2,1-2H3,(H,27,28)(H2,23,24,25,26). The highest BCUT2D eigenvalue weighted by Crippen LogP contribution is 2.26. The van der Waals surface area contributed by atoms with Crippen LogP contribution in [0.15, 0.2) is 54.9 Å². The molecule has 3 aromatic rings. The smallest absolute Gasteiger partial charge is 0.269 e. The molecule has 5 N–H and O–H groups in total. The second-order valence-corrected chi connectivity index (χ2v) is 6.91. The van der Waals surface area contributed by atoms with E-state index in [0.29, 0.717) is 22.3 Å². The summed E-state index contributed by atoms with van der Waals surface area (Å²) in [4.78, 5) is 20.5. The second kappa shape index (κ2) is 8.58. The molecule has 28 heavy (non-hydrogen) atoms. The highest BCUT2D eigenvalue weighted by atomic mass is 35.5. The summed E-state index contributed by atoms with van der Waals surface area (Å²) in [7, 11) is 0. The van der Waals surface area contributed by atoms with Crippen LogP contribution >= 0.6 is 11.6 Å². The van der Waals surface area contributed by atoms with Gasteiger partial charge in [-0.25, -0.2) is 9.97 Å². The van der Waals surface area contributed by atoms with Crippen LogP contribution in [0.1, 0.15) is 35.7 Å². The number of hydrazine groups is 1. The predicted octanol–water partition coefficient (Wildman–Crippen LogP) is 4.34. The summed E-state index contributed by atoms with van der Waals surface area (Å²) in [6.45, 7) is 4.28. The number of hydrogen-bond donors (Lipinski definition) is 4. The van der Waals surface area contributed by atoms with Crippen LogP contribution in [0.4, 0.5) is 23.0 Å². The minimum atomic E-state index is -0.362. The van der Waals surface area contributed by atoms with Gasteiger partial charge in [-0.2, -0.15) is 0 Å². The number of amides is 1. The third kappa shape index (κ3) is 4.69. The molecule has 144 valence electrons. The van der Waals surface area contributed by atoms with Gasteiger partial charge in [0.05, 0.1) is 0 Å². The van der Waals surface area contributed by atoms with E-state index in [-0.39, 0.29) is 17.4 Å². The lowest BCUT2D eigenvalue weighted by molar-refractivity contribution is 0.0962. The van der Waals surface area contributed by atoms with Gasteiger partial charge in [0, 0.05) is 16.3 Å². The molecule has 0 saturated carbocycles. The van der Waals surface area contributed by atoms with Crippen LogP contribution < -0.4 is 21.9 Å². The minimum absolute atomic E-state index is 0.279.